The van der Waals surface area contributed by atoms with E-state index in [0.717, 1.165) is 17.7 Å². The fraction of sp³-hybridized carbons (Fsp3) is 0.611. The van der Waals surface area contributed by atoms with Crippen molar-refractivity contribution < 1.29 is 9.53 Å². The van der Waals surface area contributed by atoms with E-state index in [1.54, 1.807) is 0 Å². The lowest BCUT2D eigenvalue weighted by Gasteiger charge is -2.31. The average Bonchev–Trinajstić information content (AvgIpc) is 2.36. The van der Waals surface area contributed by atoms with Crippen molar-refractivity contribution in [3.05, 3.63) is 29.8 Å². The Morgan fingerprint density at radius 3 is 2.55 bits per heavy atom. The molecule has 4 heteroatoms. The number of nitrogens with two attached hydrogens (primary N) is 1. The van der Waals surface area contributed by atoms with Gasteiger partial charge in [0.25, 0.3) is 0 Å². The first kappa shape index (κ1) is 18.5. The Hall–Kier alpha value is -1.55. The normalized spacial score (nSPS) is 14.0. The van der Waals surface area contributed by atoms with Gasteiger partial charge >= 0.3 is 0 Å². The van der Waals surface area contributed by atoms with Crippen molar-refractivity contribution in [1.29, 1.82) is 0 Å². The van der Waals surface area contributed by atoms with Gasteiger partial charge in [-0.2, -0.15) is 0 Å². The summed E-state index contributed by atoms with van der Waals surface area (Å²) in [7, 11) is 0. The molecule has 0 aliphatic heterocycles. The van der Waals surface area contributed by atoms with E-state index < -0.39 is 0 Å². The summed E-state index contributed by atoms with van der Waals surface area (Å²) in [4.78, 5) is 12.3. The number of nitrogens with one attached hydrogen (secondary N) is 1. The van der Waals surface area contributed by atoms with E-state index in [0.29, 0.717) is 18.9 Å². The highest BCUT2D eigenvalue weighted by Crippen LogP contribution is 2.17. The van der Waals surface area contributed by atoms with Crippen LogP contribution in [0.1, 0.15) is 46.6 Å². The predicted molar refractivity (Wildman–Crippen MR) is 91.0 cm³/mol. The zero-order chi connectivity index (χ0) is 16.8. The molecule has 0 saturated carbocycles. The first-order chi connectivity index (χ1) is 10.2. The number of benzene rings is 1. The number of hydrogen-bond donors (Lipinski definition) is 2. The molecule has 1 amide bonds. The number of carbonyl (C=O) groups excluding carboxylic acids is 1. The van der Waals surface area contributed by atoms with Gasteiger partial charge in [-0.05, 0) is 50.8 Å². The van der Waals surface area contributed by atoms with Gasteiger partial charge in [0.05, 0.1) is 12.5 Å². The third-order valence-corrected chi connectivity index (χ3v) is 3.39. The van der Waals surface area contributed by atoms with E-state index in [1.807, 2.05) is 45.0 Å². The van der Waals surface area contributed by atoms with Crippen LogP contribution in [0.15, 0.2) is 24.3 Å². The second-order valence-electron chi connectivity index (χ2n) is 6.90. The van der Waals surface area contributed by atoms with Crippen molar-refractivity contribution in [2.45, 2.75) is 59.1 Å². The van der Waals surface area contributed by atoms with Crippen LogP contribution in [0.4, 0.5) is 0 Å². The van der Waals surface area contributed by atoms with Crippen molar-refractivity contribution in [3.63, 3.8) is 0 Å². The van der Waals surface area contributed by atoms with Crippen LogP contribution in [-0.4, -0.2) is 24.1 Å². The smallest absolute Gasteiger partial charge is 0.224 e. The number of carbonyl (C=O) groups is 1. The molecule has 0 spiro atoms. The van der Waals surface area contributed by atoms with Crippen LogP contribution < -0.4 is 15.8 Å². The number of amides is 1. The summed E-state index contributed by atoms with van der Waals surface area (Å²) < 4.78 is 5.66. The molecule has 1 atom stereocenters. The molecule has 1 aromatic carbocycles. The lowest BCUT2D eigenvalue weighted by Crippen LogP contribution is -2.52. The fourth-order valence-corrected chi connectivity index (χ4v) is 2.65. The highest BCUT2D eigenvalue weighted by molar-refractivity contribution is 5.79. The van der Waals surface area contributed by atoms with Crippen LogP contribution in [0.25, 0.3) is 0 Å². The minimum Gasteiger partial charge on any atom is -0.491 e. The quantitative estimate of drug-likeness (QED) is 0.776. The van der Waals surface area contributed by atoms with Gasteiger partial charge in [-0.1, -0.05) is 26.0 Å². The molecule has 0 saturated heterocycles. The number of rotatable bonds is 8. The second-order valence-corrected chi connectivity index (χ2v) is 6.90. The summed E-state index contributed by atoms with van der Waals surface area (Å²) in [5.41, 5.74) is 6.44. The largest absolute Gasteiger partial charge is 0.491 e. The topological polar surface area (TPSA) is 64.3 Å². The Morgan fingerprint density at radius 2 is 2.00 bits per heavy atom. The van der Waals surface area contributed by atoms with Crippen LogP contribution in [-0.2, 0) is 11.2 Å². The third kappa shape index (κ3) is 6.48. The summed E-state index contributed by atoms with van der Waals surface area (Å²) in [6, 6.07) is 7.68. The Bertz CT molecular complexity index is 486. The van der Waals surface area contributed by atoms with Crippen molar-refractivity contribution >= 4 is 5.91 Å². The van der Waals surface area contributed by atoms with Crippen molar-refractivity contribution in [3.8, 4) is 5.75 Å². The molecule has 0 aliphatic rings. The SMILES string of the molecule is CC(C)CC(C)(CN)NC(=O)Cc1cccc(OC(C)C)c1. The summed E-state index contributed by atoms with van der Waals surface area (Å²) in [5.74, 6) is 1.27. The van der Waals surface area contributed by atoms with E-state index in [2.05, 4.69) is 19.2 Å². The van der Waals surface area contributed by atoms with E-state index in [-0.39, 0.29) is 17.6 Å². The van der Waals surface area contributed by atoms with E-state index >= 15 is 0 Å². The first-order valence-electron chi connectivity index (χ1n) is 8.01. The van der Waals surface area contributed by atoms with E-state index in [9.17, 15) is 4.79 Å². The van der Waals surface area contributed by atoms with Gasteiger partial charge in [-0.25, -0.2) is 0 Å². The maximum absolute atomic E-state index is 12.3. The van der Waals surface area contributed by atoms with Crippen molar-refractivity contribution in [2.24, 2.45) is 11.7 Å². The van der Waals surface area contributed by atoms with Gasteiger partial charge in [0.2, 0.25) is 5.91 Å². The van der Waals surface area contributed by atoms with Gasteiger partial charge in [-0.15, -0.1) is 0 Å². The van der Waals surface area contributed by atoms with Crippen LogP contribution >= 0.6 is 0 Å². The maximum Gasteiger partial charge on any atom is 0.224 e. The molecule has 0 heterocycles. The van der Waals surface area contributed by atoms with Crippen LogP contribution in [0.3, 0.4) is 0 Å². The van der Waals surface area contributed by atoms with Crippen molar-refractivity contribution in [2.75, 3.05) is 6.54 Å². The monoisotopic (exact) mass is 306 g/mol. The predicted octanol–water partition coefficient (Wildman–Crippen LogP) is 2.90. The molecule has 0 aromatic heterocycles. The lowest BCUT2D eigenvalue weighted by atomic mass is 9.90. The molecule has 1 unspecified atom stereocenters. The van der Waals surface area contributed by atoms with Gasteiger partial charge in [0.1, 0.15) is 5.75 Å². The molecule has 22 heavy (non-hydrogen) atoms. The molecular weight excluding hydrogens is 276 g/mol. The van der Waals surface area contributed by atoms with Crippen LogP contribution in [0.5, 0.6) is 5.75 Å². The zero-order valence-electron chi connectivity index (χ0n) is 14.5. The van der Waals surface area contributed by atoms with Crippen LogP contribution in [0.2, 0.25) is 0 Å². The third-order valence-electron chi connectivity index (χ3n) is 3.39. The molecule has 3 N–H and O–H groups in total. The first-order valence-corrected chi connectivity index (χ1v) is 8.01. The standard InChI is InChI=1S/C18H30N2O2/c1-13(2)11-18(5,12-19)20-17(21)10-15-7-6-8-16(9-15)22-14(3)4/h6-9,13-14H,10-12,19H2,1-5H3,(H,20,21). The van der Waals surface area contributed by atoms with E-state index in [1.165, 1.54) is 0 Å². The van der Waals surface area contributed by atoms with Crippen LogP contribution in [0, 0.1) is 5.92 Å². The summed E-state index contributed by atoms with van der Waals surface area (Å²) in [6.45, 7) is 10.7. The molecule has 4 nitrogen and oxygen atoms in total. The molecule has 0 fully saturated rings. The average molecular weight is 306 g/mol. The molecule has 124 valence electrons. The Morgan fingerprint density at radius 1 is 1.32 bits per heavy atom. The Kier molecular flexibility index (Phi) is 6.88. The maximum atomic E-state index is 12.3. The highest BCUT2D eigenvalue weighted by atomic mass is 16.5. The summed E-state index contributed by atoms with van der Waals surface area (Å²) in [6.07, 6.45) is 1.32. The number of ether oxygens (including phenoxy) is 1. The lowest BCUT2D eigenvalue weighted by molar-refractivity contribution is -0.122. The van der Waals surface area contributed by atoms with Gasteiger partial charge in [-0.3, -0.25) is 4.79 Å². The van der Waals surface area contributed by atoms with Gasteiger partial charge < -0.3 is 15.8 Å². The molecule has 0 aliphatic carbocycles. The molecular formula is C18H30N2O2. The number of hydrogen-bond acceptors (Lipinski definition) is 3. The second kappa shape index (κ2) is 8.18. The van der Waals surface area contributed by atoms with Gasteiger partial charge in [0.15, 0.2) is 0 Å². The van der Waals surface area contributed by atoms with E-state index in [4.69, 9.17) is 10.5 Å². The summed E-state index contributed by atoms with van der Waals surface area (Å²) in [5, 5.41) is 3.08. The minimum absolute atomic E-state index is 0.00435. The Labute approximate surface area is 134 Å². The molecule has 1 aromatic rings. The summed E-state index contributed by atoms with van der Waals surface area (Å²) >= 11 is 0. The molecule has 1 rings (SSSR count). The Balaban J connectivity index is 2.68. The van der Waals surface area contributed by atoms with Gasteiger partial charge in [0, 0.05) is 12.1 Å². The molecule has 0 radical (unpaired) electrons. The highest BCUT2D eigenvalue weighted by Gasteiger charge is 2.25. The van der Waals surface area contributed by atoms with Crippen molar-refractivity contribution in [1.82, 2.24) is 5.32 Å². The minimum atomic E-state index is -0.350. The zero-order valence-corrected chi connectivity index (χ0v) is 14.5. The molecule has 0 bridgehead atoms. The fourth-order valence-electron chi connectivity index (χ4n) is 2.65.